The quantitative estimate of drug-likeness (QED) is 0.496. The molecule has 1 N–H and O–H groups in total. The van der Waals surface area contributed by atoms with Crippen LogP contribution in [0.4, 0.5) is 0 Å². The first-order valence-corrected chi connectivity index (χ1v) is 10.7. The van der Waals surface area contributed by atoms with Crippen molar-refractivity contribution in [2.75, 3.05) is 20.3 Å². The van der Waals surface area contributed by atoms with Crippen LogP contribution in [0.3, 0.4) is 0 Å². The molecular formula is C20H24ClNO6S. The average Bonchev–Trinajstić information content (AvgIpc) is 2.64. The summed E-state index contributed by atoms with van der Waals surface area (Å²) in [6, 6.07) is 11.0. The van der Waals surface area contributed by atoms with Gasteiger partial charge in [-0.05, 0) is 51.1 Å². The minimum absolute atomic E-state index is 0.0294. The van der Waals surface area contributed by atoms with Crippen molar-refractivity contribution in [3.63, 3.8) is 0 Å². The van der Waals surface area contributed by atoms with Crippen LogP contribution in [0.15, 0.2) is 47.4 Å². The number of ether oxygens (including phenoxy) is 3. The highest BCUT2D eigenvalue weighted by molar-refractivity contribution is 7.89. The van der Waals surface area contributed by atoms with Crippen LogP contribution in [0.5, 0.6) is 11.5 Å². The number of carbonyl (C=O) groups is 1. The predicted octanol–water partition coefficient (Wildman–Crippen LogP) is 3.66. The van der Waals surface area contributed by atoms with Gasteiger partial charge < -0.3 is 14.2 Å². The van der Waals surface area contributed by atoms with Crippen LogP contribution in [0.25, 0.3) is 0 Å². The Hall–Kier alpha value is -2.29. The molecule has 0 radical (unpaired) electrons. The van der Waals surface area contributed by atoms with E-state index in [0.29, 0.717) is 10.8 Å². The van der Waals surface area contributed by atoms with Gasteiger partial charge >= 0.3 is 5.97 Å². The summed E-state index contributed by atoms with van der Waals surface area (Å²) in [5, 5.41) is 0.454. The molecule has 0 fully saturated rings. The summed E-state index contributed by atoms with van der Waals surface area (Å²) in [6.45, 7) is 5.22. The van der Waals surface area contributed by atoms with E-state index in [-0.39, 0.29) is 29.4 Å². The molecule has 158 valence electrons. The van der Waals surface area contributed by atoms with Crippen molar-refractivity contribution in [1.82, 2.24) is 4.72 Å². The predicted molar refractivity (Wildman–Crippen MR) is 110 cm³/mol. The number of methoxy groups -OCH3 is 1. The molecule has 0 aliphatic rings. The smallest absolute Gasteiger partial charge is 0.338 e. The molecule has 0 unspecified atom stereocenters. The maximum absolute atomic E-state index is 12.7. The van der Waals surface area contributed by atoms with Crippen molar-refractivity contribution in [2.45, 2.75) is 31.2 Å². The maximum Gasteiger partial charge on any atom is 0.338 e. The van der Waals surface area contributed by atoms with E-state index in [1.54, 1.807) is 45.0 Å². The van der Waals surface area contributed by atoms with E-state index in [2.05, 4.69) is 4.72 Å². The van der Waals surface area contributed by atoms with E-state index in [0.717, 1.165) is 0 Å². The first kappa shape index (κ1) is 23.0. The number of sulfonamides is 1. The number of benzene rings is 2. The van der Waals surface area contributed by atoms with Crippen LogP contribution in [-0.2, 0) is 14.8 Å². The lowest BCUT2D eigenvalue weighted by Crippen LogP contribution is -2.40. The van der Waals surface area contributed by atoms with E-state index >= 15 is 0 Å². The van der Waals surface area contributed by atoms with Gasteiger partial charge in [-0.2, -0.15) is 0 Å². The minimum atomic E-state index is -3.90. The van der Waals surface area contributed by atoms with Crippen molar-refractivity contribution in [3.05, 3.63) is 53.1 Å². The molecule has 29 heavy (non-hydrogen) atoms. The van der Waals surface area contributed by atoms with E-state index in [1.807, 2.05) is 0 Å². The van der Waals surface area contributed by atoms with Crippen molar-refractivity contribution < 1.29 is 27.4 Å². The molecule has 0 amide bonds. The molecule has 0 saturated carbocycles. The summed E-state index contributed by atoms with van der Waals surface area (Å²) in [4.78, 5) is 12.2. The number of hydrogen-bond donors (Lipinski definition) is 1. The van der Waals surface area contributed by atoms with Gasteiger partial charge in [-0.1, -0.05) is 23.7 Å². The number of carbonyl (C=O) groups excluding carboxylic acids is 1. The average molecular weight is 442 g/mol. The Morgan fingerprint density at radius 1 is 1.07 bits per heavy atom. The monoisotopic (exact) mass is 441 g/mol. The second kappa shape index (κ2) is 9.47. The molecule has 2 rings (SSSR count). The zero-order valence-electron chi connectivity index (χ0n) is 16.7. The van der Waals surface area contributed by atoms with Crippen molar-refractivity contribution in [3.8, 4) is 11.5 Å². The van der Waals surface area contributed by atoms with Gasteiger partial charge in [0.05, 0.1) is 17.7 Å². The minimum Gasteiger partial charge on any atom is -0.495 e. The fourth-order valence-corrected chi connectivity index (χ4v) is 4.21. The molecule has 0 spiro atoms. The fraction of sp³-hybridized carbons (Fsp3) is 0.350. The molecule has 9 heteroatoms. The summed E-state index contributed by atoms with van der Waals surface area (Å²) in [7, 11) is -2.55. The molecule has 7 nitrogen and oxygen atoms in total. The maximum atomic E-state index is 12.7. The molecule has 0 atom stereocenters. The lowest BCUT2D eigenvalue weighted by atomic mass is 10.1. The number of rotatable bonds is 8. The van der Waals surface area contributed by atoms with Crippen LogP contribution in [0.2, 0.25) is 5.02 Å². The molecule has 0 aromatic heterocycles. The summed E-state index contributed by atoms with van der Waals surface area (Å²) < 4.78 is 43.6. The number of para-hydroxylation sites is 1. The van der Waals surface area contributed by atoms with Crippen LogP contribution in [0.1, 0.15) is 31.1 Å². The van der Waals surface area contributed by atoms with Gasteiger partial charge in [-0.15, -0.1) is 0 Å². The van der Waals surface area contributed by atoms with Gasteiger partial charge in [0.1, 0.15) is 29.6 Å². The van der Waals surface area contributed by atoms with E-state index in [4.69, 9.17) is 25.8 Å². The van der Waals surface area contributed by atoms with Crippen LogP contribution >= 0.6 is 11.6 Å². The SMILES string of the molecule is COc1ccc(C(=O)OCCOc2ccccc2Cl)cc1S(=O)(=O)NC(C)(C)C. The largest absolute Gasteiger partial charge is 0.495 e. The van der Waals surface area contributed by atoms with E-state index in [1.165, 1.54) is 25.3 Å². The highest BCUT2D eigenvalue weighted by Gasteiger charge is 2.26. The molecule has 0 aliphatic carbocycles. The second-order valence-electron chi connectivity index (χ2n) is 7.14. The zero-order valence-corrected chi connectivity index (χ0v) is 18.3. The van der Waals surface area contributed by atoms with Crippen LogP contribution in [0, 0.1) is 0 Å². The Morgan fingerprint density at radius 3 is 2.38 bits per heavy atom. The third-order valence-corrected chi connectivity index (χ3v) is 5.63. The lowest BCUT2D eigenvalue weighted by molar-refractivity contribution is 0.0450. The third kappa shape index (κ3) is 6.62. The number of esters is 1. The standard InChI is InChI=1S/C20H24ClNO6S/c1-20(2,3)22-29(24,25)18-13-14(9-10-17(18)26-4)19(23)28-12-11-27-16-8-6-5-7-15(16)21/h5-10,13,22H,11-12H2,1-4H3. The molecular weight excluding hydrogens is 418 g/mol. The molecule has 2 aromatic carbocycles. The number of hydrogen-bond acceptors (Lipinski definition) is 6. The summed E-state index contributed by atoms with van der Waals surface area (Å²) in [6.07, 6.45) is 0. The van der Waals surface area contributed by atoms with E-state index in [9.17, 15) is 13.2 Å². The van der Waals surface area contributed by atoms with Crippen LogP contribution < -0.4 is 14.2 Å². The Bertz CT molecular complexity index is 969. The van der Waals surface area contributed by atoms with Gasteiger partial charge in [0, 0.05) is 5.54 Å². The summed E-state index contributed by atoms with van der Waals surface area (Å²) >= 11 is 5.99. The van der Waals surface area contributed by atoms with Gasteiger partial charge in [0.2, 0.25) is 10.0 Å². The first-order chi connectivity index (χ1) is 13.5. The zero-order chi connectivity index (χ0) is 21.7. The Kier molecular flexibility index (Phi) is 7.51. The molecule has 0 bridgehead atoms. The Labute approximate surface area is 176 Å². The molecule has 0 aliphatic heterocycles. The second-order valence-corrected chi connectivity index (χ2v) is 9.19. The molecule has 0 saturated heterocycles. The molecule has 0 heterocycles. The molecule has 2 aromatic rings. The third-order valence-electron chi connectivity index (χ3n) is 3.54. The van der Waals surface area contributed by atoms with Gasteiger partial charge in [0.15, 0.2) is 0 Å². The first-order valence-electron chi connectivity index (χ1n) is 8.80. The van der Waals surface area contributed by atoms with Crippen molar-refractivity contribution >= 4 is 27.6 Å². The van der Waals surface area contributed by atoms with Crippen molar-refractivity contribution in [2.24, 2.45) is 0 Å². The number of halogens is 1. The summed E-state index contributed by atoms with van der Waals surface area (Å²) in [5.74, 6) is -0.0701. The fourth-order valence-electron chi connectivity index (χ4n) is 2.40. The Balaban J connectivity index is 2.08. The summed E-state index contributed by atoms with van der Waals surface area (Å²) in [5.41, 5.74) is -0.617. The lowest BCUT2D eigenvalue weighted by Gasteiger charge is -2.21. The highest BCUT2D eigenvalue weighted by atomic mass is 35.5. The normalized spacial score (nSPS) is 11.8. The van der Waals surface area contributed by atoms with Crippen LogP contribution in [-0.4, -0.2) is 40.2 Å². The van der Waals surface area contributed by atoms with Gasteiger partial charge in [-0.25, -0.2) is 17.9 Å². The Morgan fingerprint density at radius 2 is 1.76 bits per heavy atom. The number of nitrogens with one attached hydrogen (secondary N) is 1. The van der Waals surface area contributed by atoms with Gasteiger partial charge in [-0.3, -0.25) is 0 Å². The van der Waals surface area contributed by atoms with Crippen molar-refractivity contribution in [1.29, 1.82) is 0 Å². The van der Waals surface area contributed by atoms with Gasteiger partial charge in [0.25, 0.3) is 0 Å². The topological polar surface area (TPSA) is 90.9 Å². The highest BCUT2D eigenvalue weighted by Crippen LogP contribution is 2.26. The van der Waals surface area contributed by atoms with E-state index < -0.39 is 21.5 Å².